The van der Waals surface area contributed by atoms with Gasteiger partial charge in [-0.3, -0.25) is 4.79 Å². The van der Waals surface area contributed by atoms with Crippen LogP contribution in [0.25, 0.3) is 5.57 Å². The SMILES string of the molecule is CC1=C(c2ccccc2)[C@H]1C(=O)NCc1cc(C2CC2)on1. The molecule has 2 aromatic rings. The van der Waals surface area contributed by atoms with Crippen LogP contribution in [0.2, 0.25) is 0 Å². The number of hydrogen-bond acceptors (Lipinski definition) is 3. The third kappa shape index (κ3) is 2.45. The van der Waals surface area contributed by atoms with E-state index in [1.54, 1.807) is 0 Å². The van der Waals surface area contributed by atoms with Gasteiger partial charge in [0.15, 0.2) is 0 Å². The number of carbonyl (C=O) groups is 1. The first-order valence-corrected chi connectivity index (χ1v) is 7.73. The maximum Gasteiger partial charge on any atom is 0.232 e. The molecule has 0 spiro atoms. The van der Waals surface area contributed by atoms with Gasteiger partial charge in [-0.15, -0.1) is 0 Å². The second-order valence-electron chi connectivity index (χ2n) is 6.11. The van der Waals surface area contributed by atoms with E-state index in [1.807, 2.05) is 43.3 Å². The quantitative estimate of drug-likeness (QED) is 0.920. The largest absolute Gasteiger partial charge is 0.361 e. The first-order chi connectivity index (χ1) is 10.7. The lowest BCUT2D eigenvalue weighted by Crippen LogP contribution is -2.26. The van der Waals surface area contributed by atoms with E-state index in [4.69, 9.17) is 4.52 Å². The highest BCUT2D eigenvalue weighted by atomic mass is 16.5. The lowest BCUT2D eigenvalue weighted by molar-refractivity contribution is -0.121. The first kappa shape index (κ1) is 13.3. The molecule has 1 amide bonds. The number of hydrogen-bond donors (Lipinski definition) is 1. The van der Waals surface area contributed by atoms with E-state index >= 15 is 0 Å². The Hall–Kier alpha value is -2.36. The van der Waals surface area contributed by atoms with Crippen molar-refractivity contribution in [1.82, 2.24) is 10.5 Å². The average molecular weight is 294 g/mol. The molecule has 1 N–H and O–H groups in total. The van der Waals surface area contributed by atoms with Crippen LogP contribution in [-0.4, -0.2) is 11.1 Å². The Balaban J connectivity index is 1.35. The summed E-state index contributed by atoms with van der Waals surface area (Å²) in [4.78, 5) is 12.3. The Morgan fingerprint density at radius 3 is 2.82 bits per heavy atom. The third-order valence-corrected chi connectivity index (χ3v) is 4.41. The van der Waals surface area contributed by atoms with Gasteiger partial charge in [-0.1, -0.05) is 41.1 Å². The van der Waals surface area contributed by atoms with Crippen LogP contribution in [0.5, 0.6) is 0 Å². The van der Waals surface area contributed by atoms with Crippen LogP contribution in [0.15, 0.2) is 46.5 Å². The summed E-state index contributed by atoms with van der Waals surface area (Å²) in [6, 6.07) is 12.0. The van der Waals surface area contributed by atoms with Crippen molar-refractivity contribution in [2.75, 3.05) is 0 Å². The third-order valence-electron chi connectivity index (χ3n) is 4.41. The topological polar surface area (TPSA) is 55.1 Å². The molecule has 1 saturated carbocycles. The van der Waals surface area contributed by atoms with Gasteiger partial charge in [0.25, 0.3) is 0 Å². The van der Waals surface area contributed by atoms with Crippen LogP contribution in [0, 0.1) is 5.92 Å². The van der Waals surface area contributed by atoms with Crippen molar-refractivity contribution in [1.29, 1.82) is 0 Å². The van der Waals surface area contributed by atoms with Crippen molar-refractivity contribution < 1.29 is 9.32 Å². The minimum Gasteiger partial charge on any atom is -0.361 e. The lowest BCUT2D eigenvalue weighted by atomic mass is 10.1. The van der Waals surface area contributed by atoms with E-state index in [1.165, 1.54) is 12.8 Å². The standard InChI is InChI=1S/C18H18N2O2/c1-11-16(13-5-3-2-4-6-13)17(11)18(21)19-10-14-9-15(22-20-14)12-7-8-12/h2-6,9,12,17H,7-8,10H2,1H3,(H,19,21)/t17-/m0/s1. The number of aromatic nitrogens is 1. The monoisotopic (exact) mass is 294 g/mol. The molecule has 1 fully saturated rings. The van der Waals surface area contributed by atoms with E-state index < -0.39 is 0 Å². The Morgan fingerprint density at radius 2 is 2.09 bits per heavy atom. The molecule has 0 saturated heterocycles. The average Bonchev–Trinajstić information content (AvgIpc) is 3.45. The molecule has 0 unspecified atom stereocenters. The Morgan fingerprint density at radius 1 is 1.32 bits per heavy atom. The molecule has 4 rings (SSSR count). The van der Waals surface area contributed by atoms with Crippen molar-refractivity contribution in [2.24, 2.45) is 5.92 Å². The zero-order valence-electron chi connectivity index (χ0n) is 12.5. The second-order valence-corrected chi connectivity index (χ2v) is 6.11. The fraction of sp³-hybridized carbons (Fsp3) is 0.333. The van der Waals surface area contributed by atoms with Gasteiger partial charge in [-0.25, -0.2) is 0 Å². The van der Waals surface area contributed by atoms with E-state index in [0.29, 0.717) is 12.5 Å². The summed E-state index contributed by atoms with van der Waals surface area (Å²) in [6.45, 7) is 2.45. The molecule has 0 aliphatic heterocycles. The van der Waals surface area contributed by atoms with Gasteiger partial charge in [0, 0.05) is 12.0 Å². The maximum absolute atomic E-state index is 12.3. The zero-order valence-corrected chi connectivity index (χ0v) is 12.5. The van der Waals surface area contributed by atoms with E-state index in [0.717, 1.165) is 28.2 Å². The number of amides is 1. The lowest BCUT2D eigenvalue weighted by Gasteiger charge is -2.03. The summed E-state index contributed by atoms with van der Waals surface area (Å²) in [5.41, 5.74) is 4.24. The van der Waals surface area contributed by atoms with Gasteiger partial charge in [-0.05, 0) is 30.9 Å². The summed E-state index contributed by atoms with van der Waals surface area (Å²) >= 11 is 0. The van der Waals surface area contributed by atoms with Gasteiger partial charge in [0.1, 0.15) is 11.5 Å². The molecule has 4 nitrogen and oxygen atoms in total. The predicted molar refractivity (Wildman–Crippen MR) is 82.9 cm³/mol. The number of nitrogens with zero attached hydrogens (tertiary/aromatic N) is 1. The van der Waals surface area contributed by atoms with Crippen LogP contribution >= 0.6 is 0 Å². The Bertz CT molecular complexity index is 741. The molecular formula is C18H18N2O2. The molecule has 2 aliphatic carbocycles. The summed E-state index contributed by atoms with van der Waals surface area (Å²) in [6.07, 6.45) is 2.37. The van der Waals surface area contributed by atoms with Gasteiger partial charge in [0.05, 0.1) is 12.5 Å². The molecule has 2 aliphatic rings. The Labute approximate surface area is 129 Å². The number of benzene rings is 1. The summed E-state index contributed by atoms with van der Waals surface area (Å²) in [5.74, 6) is 1.47. The maximum atomic E-state index is 12.3. The molecule has 1 heterocycles. The molecule has 1 aromatic heterocycles. The number of nitrogens with one attached hydrogen (secondary N) is 1. The van der Waals surface area contributed by atoms with Crippen molar-refractivity contribution in [3.8, 4) is 0 Å². The summed E-state index contributed by atoms with van der Waals surface area (Å²) in [5, 5.41) is 6.98. The summed E-state index contributed by atoms with van der Waals surface area (Å²) < 4.78 is 5.30. The highest BCUT2D eigenvalue weighted by Gasteiger charge is 2.39. The van der Waals surface area contributed by atoms with Gasteiger partial charge in [0.2, 0.25) is 5.91 Å². The van der Waals surface area contributed by atoms with Crippen LogP contribution < -0.4 is 5.32 Å². The van der Waals surface area contributed by atoms with E-state index in [-0.39, 0.29) is 11.8 Å². The fourth-order valence-corrected chi connectivity index (χ4v) is 2.92. The van der Waals surface area contributed by atoms with E-state index in [9.17, 15) is 4.79 Å². The van der Waals surface area contributed by atoms with Crippen molar-refractivity contribution in [2.45, 2.75) is 32.2 Å². The minimum atomic E-state index is -0.0859. The van der Waals surface area contributed by atoms with Crippen LogP contribution in [-0.2, 0) is 11.3 Å². The first-order valence-electron chi connectivity index (χ1n) is 7.73. The highest BCUT2D eigenvalue weighted by molar-refractivity contribution is 6.05. The smallest absolute Gasteiger partial charge is 0.232 e. The van der Waals surface area contributed by atoms with Crippen molar-refractivity contribution >= 4 is 11.5 Å². The molecule has 0 bridgehead atoms. The second kappa shape index (κ2) is 5.13. The molecule has 1 atom stereocenters. The van der Waals surface area contributed by atoms with Crippen LogP contribution in [0.4, 0.5) is 0 Å². The van der Waals surface area contributed by atoms with Crippen LogP contribution in [0.1, 0.15) is 42.7 Å². The van der Waals surface area contributed by atoms with Crippen LogP contribution in [0.3, 0.4) is 0 Å². The van der Waals surface area contributed by atoms with E-state index in [2.05, 4.69) is 10.5 Å². The molecule has 112 valence electrons. The number of carbonyl (C=O) groups excluding carboxylic acids is 1. The molecule has 0 radical (unpaired) electrons. The number of rotatable bonds is 5. The van der Waals surface area contributed by atoms with Crippen molar-refractivity contribution in [3.05, 3.63) is 59.0 Å². The Kier molecular flexibility index (Phi) is 3.10. The predicted octanol–water partition coefficient (Wildman–Crippen LogP) is 3.27. The van der Waals surface area contributed by atoms with Gasteiger partial charge >= 0.3 is 0 Å². The van der Waals surface area contributed by atoms with Gasteiger partial charge in [-0.2, -0.15) is 0 Å². The molecule has 22 heavy (non-hydrogen) atoms. The fourth-order valence-electron chi connectivity index (χ4n) is 2.92. The molecule has 1 aromatic carbocycles. The minimum absolute atomic E-state index is 0.0484. The zero-order chi connectivity index (χ0) is 15.1. The normalized spacial score (nSPS) is 20.1. The highest BCUT2D eigenvalue weighted by Crippen LogP contribution is 2.46. The summed E-state index contributed by atoms with van der Waals surface area (Å²) in [7, 11) is 0. The van der Waals surface area contributed by atoms with Crippen molar-refractivity contribution in [3.63, 3.8) is 0 Å². The molecule has 4 heteroatoms. The van der Waals surface area contributed by atoms with Gasteiger partial charge < -0.3 is 9.84 Å². The molecular weight excluding hydrogens is 276 g/mol.